The maximum atomic E-state index is 13.3. The predicted molar refractivity (Wildman–Crippen MR) is 104 cm³/mol. The summed E-state index contributed by atoms with van der Waals surface area (Å²) < 4.78 is 15.8. The predicted octanol–water partition coefficient (Wildman–Crippen LogP) is 2.80. The molecule has 0 unspecified atom stereocenters. The smallest absolute Gasteiger partial charge is 0.256 e. The first-order valence-electron chi connectivity index (χ1n) is 9.38. The van der Waals surface area contributed by atoms with Crippen molar-refractivity contribution < 1.29 is 18.8 Å². The van der Waals surface area contributed by atoms with Crippen molar-refractivity contribution in [3.8, 4) is 11.1 Å². The molecule has 1 aliphatic heterocycles. The van der Waals surface area contributed by atoms with E-state index in [4.69, 9.17) is 14.0 Å². The van der Waals surface area contributed by atoms with E-state index in [-0.39, 0.29) is 12.5 Å². The van der Waals surface area contributed by atoms with Crippen LogP contribution in [-0.2, 0) is 16.1 Å². The van der Waals surface area contributed by atoms with Crippen molar-refractivity contribution in [3.63, 3.8) is 0 Å². The number of aromatic nitrogens is 3. The standard InChI is InChI=1S/C21H22N4O4/c1-14-4-3-5-15(8-14)16-9-17(11-22-10-16)21(26)25-6-7-28-12-18(25)20-23-19(13-27-2)29-24-20/h3-5,8-11,18H,6-7,12-13H2,1-2H3/t18-/m0/s1. The second kappa shape index (κ2) is 8.50. The van der Waals surface area contributed by atoms with Gasteiger partial charge in [-0.05, 0) is 18.6 Å². The lowest BCUT2D eigenvalue weighted by Crippen LogP contribution is -2.43. The number of rotatable bonds is 5. The van der Waals surface area contributed by atoms with Gasteiger partial charge in [0, 0.05) is 31.6 Å². The van der Waals surface area contributed by atoms with E-state index >= 15 is 0 Å². The summed E-state index contributed by atoms with van der Waals surface area (Å²) in [6, 6.07) is 9.54. The summed E-state index contributed by atoms with van der Waals surface area (Å²) in [5.74, 6) is 0.634. The molecule has 0 bridgehead atoms. The van der Waals surface area contributed by atoms with E-state index in [9.17, 15) is 4.79 Å². The van der Waals surface area contributed by atoms with E-state index < -0.39 is 6.04 Å². The molecular weight excluding hydrogens is 372 g/mol. The molecule has 1 atom stereocenters. The molecule has 1 aromatic carbocycles. The van der Waals surface area contributed by atoms with Crippen LogP contribution in [0.2, 0.25) is 0 Å². The van der Waals surface area contributed by atoms with Crippen LogP contribution in [0.4, 0.5) is 0 Å². The molecular formula is C21H22N4O4. The van der Waals surface area contributed by atoms with Gasteiger partial charge in [0.05, 0.1) is 18.8 Å². The summed E-state index contributed by atoms with van der Waals surface area (Å²) in [7, 11) is 1.55. The number of nitrogens with zero attached hydrogens (tertiary/aromatic N) is 4. The minimum Gasteiger partial charge on any atom is -0.377 e. The van der Waals surface area contributed by atoms with Gasteiger partial charge >= 0.3 is 0 Å². The second-order valence-corrected chi connectivity index (χ2v) is 6.90. The molecule has 0 aliphatic carbocycles. The molecule has 3 aromatic rings. The molecule has 0 saturated carbocycles. The molecule has 1 fully saturated rings. The Kier molecular flexibility index (Phi) is 5.64. The van der Waals surface area contributed by atoms with Gasteiger partial charge in [-0.15, -0.1) is 0 Å². The van der Waals surface area contributed by atoms with E-state index in [1.807, 2.05) is 31.2 Å². The Bertz CT molecular complexity index is 1000. The number of hydrogen-bond donors (Lipinski definition) is 0. The van der Waals surface area contributed by atoms with E-state index in [0.717, 1.165) is 16.7 Å². The van der Waals surface area contributed by atoms with Crippen molar-refractivity contribution in [3.05, 3.63) is 65.6 Å². The van der Waals surface area contributed by atoms with Gasteiger partial charge in [-0.3, -0.25) is 9.78 Å². The van der Waals surface area contributed by atoms with Crippen LogP contribution in [0.5, 0.6) is 0 Å². The SMILES string of the molecule is COCc1nc([C@@H]2COCCN2C(=O)c2cncc(-c3cccc(C)c3)c2)no1. The molecule has 8 heteroatoms. The average Bonchev–Trinajstić information content (AvgIpc) is 3.22. The molecule has 1 saturated heterocycles. The molecule has 0 N–H and O–H groups in total. The van der Waals surface area contributed by atoms with Crippen LogP contribution in [0.15, 0.2) is 47.2 Å². The first-order valence-corrected chi connectivity index (χ1v) is 9.38. The van der Waals surface area contributed by atoms with Crippen molar-refractivity contribution in [2.45, 2.75) is 19.6 Å². The summed E-state index contributed by atoms with van der Waals surface area (Å²) in [5, 5.41) is 4.00. The van der Waals surface area contributed by atoms with Crippen LogP contribution < -0.4 is 0 Å². The molecule has 150 valence electrons. The fraction of sp³-hybridized carbons (Fsp3) is 0.333. The van der Waals surface area contributed by atoms with Gasteiger partial charge in [0.15, 0.2) is 5.82 Å². The number of pyridine rings is 1. The lowest BCUT2D eigenvalue weighted by atomic mass is 10.0. The van der Waals surface area contributed by atoms with Crippen LogP contribution in [0.1, 0.15) is 33.7 Å². The fourth-order valence-corrected chi connectivity index (χ4v) is 3.35. The van der Waals surface area contributed by atoms with Crippen molar-refractivity contribution in [2.75, 3.05) is 26.9 Å². The molecule has 2 aromatic heterocycles. The van der Waals surface area contributed by atoms with Crippen molar-refractivity contribution in [1.82, 2.24) is 20.0 Å². The summed E-state index contributed by atoms with van der Waals surface area (Å²) in [6.45, 7) is 3.45. The average molecular weight is 394 g/mol. The molecule has 29 heavy (non-hydrogen) atoms. The lowest BCUT2D eigenvalue weighted by molar-refractivity contribution is -0.00578. The zero-order valence-electron chi connectivity index (χ0n) is 16.4. The van der Waals surface area contributed by atoms with Crippen LogP contribution in [0, 0.1) is 6.92 Å². The lowest BCUT2D eigenvalue weighted by Gasteiger charge is -2.33. The summed E-state index contributed by atoms with van der Waals surface area (Å²) >= 11 is 0. The number of morpholine rings is 1. The summed E-state index contributed by atoms with van der Waals surface area (Å²) in [6.07, 6.45) is 3.35. The zero-order valence-corrected chi connectivity index (χ0v) is 16.4. The van der Waals surface area contributed by atoms with Gasteiger partial charge in [-0.25, -0.2) is 0 Å². The summed E-state index contributed by atoms with van der Waals surface area (Å²) in [5.41, 5.74) is 3.58. The van der Waals surface area contributed by atoms with Gasteiger partial charge in [0.2, 0.25) is 0 Å². The Hall–Kier alpha value is -3.10. The van der Waals surface area contributed by atoms with E-state index in [2.05, 4.69) is 21.2 Å². The van der Waals surface area contributed by atoms with Gasteiger partial charge in [-0.2, -0.15) is 4.98 Å². The molecule has 1 aliphatic rings. The van der Waals surface area contributed by atoms with Gasteiger partial charge in [0.25, 0.3) is 11.8 Å². The minimum absolute atomic E-state index is 0.140. The maximum absolute atomic E-state index is 13.3. The number of ether oxygens (including phenoxy) is 2. The van der Waals surface area contributed by atoms with Crippen LogP contribution in [0.3, 0.4) is 0 Å². The topological polar surface area (TPSA) is 90.6 Å². The van der Waals surface area contributed by atoms with E-state index in [1.165, 1.54) is 0 Å². The van der Waals surface area contributed by atoms with Crippen LogP contribution in [-0.4, -0.2) is 52.8 Å². The highest BCUT2D eigenvalue weighted by molar-refractivity contribution is 5.95. The molecule has 3 heterocycles. The monoisotopic (exact) mass is 394 g/mol. The van der Waals surface area contributed by atoms with E-state index in [0.29, 0.717) is 37.0 Å². The highest BCUT2D eigenvalue weighted by atomic mass is 16.5. The number of amides is 1. The highest BCUT2D eigenvalue weighted by Crippen LogP contribution is 2.26. The van der Waals surface area contributed by atoms with Crippen LogP contribution in [0.25, 0.3) is 11.1 Å². The Morgan fingerprint density at radius 2 is 2.17 bits per heavy atom. The highest BCUT2D eigenvalue weighted by Gasteiger charge is 2.33. The number of hydrogen-bond acceptors (Lipinski definition) is 7. The van der Waals surface area contributed by atoms with E-state index in [1.54, 1.807) is 24.4 Å². The summed E-state index contributed by atoms with van der Waals surface area (Å²) in [4.78, 5) is 23.6. The molecule has 1 amide bonds. The zero-order chi connectivity index (χ0) is 20.2. The normalized spacial score (nSPS) is 16.8. The molecule has 0 spiro atoms. The minimum atomic E-state index is -0.423. The first kappa shape index (κ1) is 19.2. The molecule has 8 nitrogen and oxygen atoms in total. The van der Waals surface area contributed by atoms with Gasteiger partial charge in [0.1, 0.15) is 12.6 Å². The number of methoxy groups -OCH3 is 1. The Morgan fingerprint density at radius 1 is 1.28 bits per heavy atom. The third-order valence-corrected chi connectivity index (χ3v) is 4.78. The number of carbonyl (C=O) groups excluding carboxylic acids is 1. The number of aryl methyl sites for hydroxylation is 1. The third kappa shape index (κ3) is 4.18. The number of benzene rings is 1. The first-order chi connectivity index (χ1) is 14.2. The fourth-order valence-electron chi connectivity index (χ4n) is 3.35. The number of carbonyl (C=O) groups is 1. The maximum Gasteiger partial charge on any atom is 0.256 e. The Balaban J connectivity index is 1.61. The third-order valence-electron chi connectivity index (χ3n) is 4.78. The van der Waals surface area contributed by atoms with Crippen molar-refractivity contribution in [2.24, 2.45) is 0 Å². The largest absolute Gasteiger partial charge is 0.377 e. The van der Waals surface area contributed by atoms with Gasteiger partial charge in [-0.1, -0.05) is 35.0 Å². The van der Waals surface area contributed by atoms with Crippen molar-refractivity contribution >= 4 is 5.91 Å². The molecule has 4 rings (SSSR count). The Morgan fingerprint density at radius 3 is 3.00 bits per heavy atom. The van der Waals surface area contributed by atoms with Crippen molar-refractivity contribution in [1.29, 1.82) is 0 Å². The van der Waals surface area contributed by atoms with Gasteiger partial charge < -0.3 is 18.9 Å². The Labute approximate surface area is 168 Å². The second-order valence-electron chi connectivity index (χ2n) is 6.90. The van der Waals surface area contributed by atoms with Crippen LogP contribution >= 0.6 is 0 Å². The molecule has 0 radical (unpaired) electrons. The quantitative estimate of drug-likeness (QED) is 0.657.